The molecule has 10 heteroatoms. The molecule has 1 saturated heterocycles. The predicted octanol–water partition coefficient (Wildman–Crippen LogP) is 4.01. The third-order valence-corrected chi connectivity index (χ3v) is 7.09. The summed E-state index contributed by atoms with van der Waals surface area (Å²) in [4.78, 5) is 29.3. The van der Waals surface area contributed by atoms with Crippen LogP contribution in [0, 0.1) is 6.92 Å². The Labute approximate surface area is 209 Å². The van der Waals surface area contributed by atoms with Crippen molar-refractivity contribution in [3.8, 4) is 5.75 Å². The summed E-state index contributed by atoms with van der Waals surface area (Å²) in [5, 5.41) is 12.7. The molecule has 4 rings (SSSR count). The largest absolute Gasteiger partial charge is 0.497 e. The molecule has 3 heterocycles. The number of hydrogen-bond donors (Lipinski definition) is 2. The number of hydrogen-bond acceptors (Lipinski definition) is 9. The number of ether oxygens (including phenoxy) is 1. The number of aryl methyl sites for hydroxylation is 3. The normalized spacial score (nSPS) is 14.2. The lowest BCUT2D eigenvalue weighted by molar-refractivity contribution is 0.0702. The lowest BCUT2D eigenvalue weighted by Crippen LogP contribution is -2.47. The van der Waals surface area contributed by atoms with E-state index in [0.29, 0.717) is 16.8 Å². The first-order valence-electron chi connectivity index (χ1n) is 11.9. The zero-order valence-corrected chi connectivity index (χ0v) is 21.3. The Bertz CT molecular complexity index is 1160. The summed E-state index contributed by atoms with van der Waals surface area (Å²) in [6.45, 7) is 8.91. The van der Waals surface area contributed by atoms with Gasteiger partial charge in [0.25, 0.3) is 0 Å². The van der Waals surface area contributed by atoms with Crippen LogP contribution in [0.2, 0.25) is 0 Å². The minimum Gasteiger partial charge on any atom is -0.497 e. The highest BCUT2D eigenvalue weighted by molar-refractivity contribution is 7.17. The van der Waals surface area contributed by atoms with Gasteiger partial charge in [-0.05, 0) is 56.0 Å². The minimum absolute atomic E-state index is 0.188. The minimum atomic E-state index is -0.984. The molecule has 1 fully saturated rings. The number of thiazole rings is 1. The van der Waals surface area contributed by atoms with Gasteiger partial charge in [0, 0.05) is 32.2 Å². The van der Waals surface area contributed by atoms with Crippen LogP contribution in [0.4, 0.5) is 16.8 Å². The van der Waals surface area contributed by atoms with Gasteiger partial charge in [-0.15, -0.1) is 0 Å². The van der Waals surface area contributed by atoms with E-state index in [1.165, 1.54) is 17.3 Å². The zero-order valence-electron chi connectivity index (χ0n) is 20.5. The fourth-order valence-electron chi connectivity index (χ4n) is 4.31. The van der Waals surface area contributed by atoms with Gasteiger partial charge in [0.05, 0.1) is 13.3 Å². The van der Waals surface area contributed by atoms with Gasteiger partial charge in [0.1, 0.15) is 28.1 Å². The van der Waals surface area contributed by atoms with Crippen molar-refractivity contribution in [1.82, 2.24) is 19.9 Å². The average Bonchev–Trinajstić information content (AvgIpc) is 3.33. The van der Waals surface area contributed by atoms with Crippen molar-refractivity contribution in [3.63, 3.8) is 0 Å². The summed E-state index contributed by atoms with van der Waals surface area (Å²) >= 11 is 1.08. The second kappa shape index (κ2) is 11.5. The van der Waals surface area contributed by atoms with Crippen LogP contribution in [0.5, 0.6) is 5.75 Å². The molecular formula is C25H32N6O3S. The predicted molar refractivity (Wildman–Crippen MR) is 138 cm³/mol. The number of piperazine rings is 1. The van der Waals surface area contributed by atoms with Crippen molar-refractivity contribution >= 4 is 34.1 Å². The topological polar surface area (TPSA) is 104 Å². The molecule has 3 aromatic rings. The van der Waals surface area contributed by atoms with E-state index in [1.54, 1.807) is 7.11 Å². The number of carboxylic acids is 1. The molecule has 186 valence electrons. The van der Waals surface area contributed by atoms with Crippen molar-refractivity contribution in [2.75, 3.05) is 50.1 Å². The molecule has 0 atom stereocenters. The third kappa shape index (κ3) is 6.46. The molecule has 0 bridgehead atoms. The zero-order chi connectivity index (χ0) is 24.8. The van der Waals surface area contributed by atoms with E-state index in [4.69, 9.17) is 9.84 Å². The molecule has 0 aliphatic carbocycles. The van der Waals surface area contributed by atoms with Crippen LogP contribution in [0.25, 0.3) is 0 Å². The maximum Gasteiger partial charge on any atom is 0.347 e. The number of aromatic nitrogens is 3. The number of anilines is 3. The molecule has 1 aromatic carbocycles. The molecule has 2 N–H and O–H groups in total. The third-order valence-electron chi connectivity index (χ3n) is 6.19. The Balaban J connectivity index is 1.29. The van der Waals surface area contributed by atoms with Crippen molar-refractivity contribution in [2.45, 2.75) is 33.1 Å². The van der Waals surface area contributed by atoms with Gasteiger partial charge in [-0.3, -0.25) is 4.90 Å². The number of methoxy groups -OCH3 is 1. The number of nitrogens with zero attached hydrogens (tertiary/aromatic N) is 5. The quantitative estimate of drug-likeness (QED) is 0.431. The maximum absolute atomic E-state index is 11.1. The van der Waals surface area contributed by atoms with Crippen molar-refractivity contribution in [1.29, 1.82) is 0 Å². The molecule has 0 unspecified atom stereocenters. The number of nitrogens with one attached hydrogen (secondary N) is 1. The average molecular weight is 497 g/mol. The van der Waals surface area contributed by atoms with E-state index in [2.05, 4.69) is 55.2 Å². The molecule has 35 heavy (non-hydrogen) atoms. The molecule has 9 nitrogen and oxygen atoms in total. The van der Waals surface area contributed by atoms with Gasteiger partial charge < -0.3 is 20.1 Å². The van der Waals surface area contributed by atoms with E-state index in [0.717, 1.165) is 74.9 Å². The van der Waals surface area contributed by atoms with Gasteiger partial charge in [0.15, 0.2) is 5.13 Å². The van der Waals surface area contributed by atoms with Crippen LogP contribution in [-0.2, 0) is 12.8 Å². The van der Waals surface area contributed by atoms with Gasteiger partial charge in [-0.1, -0.05) is 24.3 Å². The summed E-state index contributed by atoms with van der Waals surface area (Å²) in [6, 6.07) is 8.31. The van der Waals surface area contributed by atoms with Crippen LogP contribution < -0.4 is 15.0 Å². The first-order valence-corrected chi connectivity index (χ1v) is 12.7. The van der Waals surface area contributed by atoms with Gasteiger partial charge in [-0.25, -0.2) is 19.7 Å². The molecule has 1 aliphatic rings. The van der Waals surface area contributed by atoms with Crippen LogP contribution in [0.1, 0.15) is 40.0 Å². The van der Waals surface area contributed by atoms with Gasteiger partial charge in [0.2, 0.25) is 0 Å². The molecule has 0 radical (unpaired) electrons. The molecule has 0 amide bonds. The Kier molecular flexibility index (Phi) is 8.14. The molecule has 2 aromatic heterocycles. The summed E-state index contributed by atoms with van der Waals surface area (Å²) in [5.74, 6) is 2.10. The summed E-state index contributed by atoms with van der Waals surface area (Å²) in [5.41, 5.74) is 2.79. The van der Waals surface area contributed by atoms with E-state index in [9.17, 15) is 4.79 Å². The molecule has 0 spiro atoms. The Morgan fingerprint density at radius 2 is 1.97 bits per heavy atom. The van der Waals surface area contributed by atoms with E-state index in [1.807, 2.05) is 13.0 Å². The number of aromatic carboxylic acids is 1. The van der Waals surface area contributed by atoms with Crippen molar-refractivity contribution in [2.24, 2.45) is 0 Å². The monoisotopic (exact) mass is 496 g/mol. The summed E-state index contributed by atoms with van der Waals surface area (Å²) in [7, 11) is 1.71. The fourth-order valence-corrected chi connectivity index (χ4v) is 4.98. The van der Waals surface area contributed by atoms with Crippen molar-refractivity contribution < 1.29 is 14.6 Å². The van der Waals surface area contributed by atoms with Gasteiger partial charge in [-0.2, -0.15) is 0 Å². The smallest absolute Gasteiger partial charge is 0.347 e. The Morgan fingerprint density at radius 1 is 1.17 bits per heavy atom. The summed E-state index contributed by atoms with van der Waals surface area (Å²) in [6.07, 6.45) is 4.57. The highest BCUT2D eigenvalue weighted by Crippen LogP contribution is 2.25. The molecule has 1 aliphatic heterocycles. The Morgan fingerprint density at radius 3 is 2.66 bits per heavy atom. The maximum atomic E-state index is 11.1. The first kappa shape index (κ1) is 24.9. The second-order valence-electron chi connectivity index (χ2n) is 8.54. The standard InChI is InChI=1S/C25H32N6O3S/c1-4-18-14-20(34-3)8-7-19(18)6-5-9-30-10-12-31(13-11-30)23-15-22(27-17(2)28-23)29-25-26-16-21(35-25)24(32)33/h7-8,14-16H,4-6,9-13H2,1-3H3,(H,32,33)(H,26,27,28,29). The van der Waals surface area contributed by atoms with Crippen LogP contribution in [0.3, 0.4) is 0 Å². The number of carbonyl (C=O) groups is 1. The Hall–Kier alpha value is -3.24. The lowest BCUT2D eigenvalue weighted by Gasteiger charge is -2.35. The number of rotatable bonds is 10. The number of carboxylic acid groups (broad SMARTS) is 1. The molecular weight excluding hydrogens is 464 g/mol. The van der Waals surface area contributed by atoms with Gasteiger partial charge >= 0.3 is 5.97 Å². The SMILES string of the molecule is CCc1cc(OC)ccc1CCCN1CCN(c2cc(Nc3ncc(C(=O)O)s3)nc(C)n2)CC1. The molecule has 0 saturated carbocycles. The van der Waals surface area contributed by atoms with Crippen LogP contribution in [0.15, 0.2) is 30.5 Å². The number of benzene rings is 1. The fraction of sp³-hybridized carbons (Fsp3) is 0.440. The summed E-state index contributed by atoms with van der Waals surface area (Å²) < 4.78 is 5.36. The van der Waals surface area contributed by atoms with E-state index < -0.39 is 5.97 Å². The van der Waals surface area contributed by atoms with E-state index in [-0.39, 0.29) is 4.88 Å². The van der Waals surface area contributed by atoms with Crippen molar-refractivity contribution in [3.05, 3.63) is 52.3 Å². The lowest BCUT2D eigenvalue weighted by atomic mass is 10.0. The van der Waals surface area contributed by atoms with Crippen LogP contribution >= 0.6 is 11.3 Å². The first-order chi connectivity index (χ1) is 16.9. The second-order valence-corrected chi connectivity index (χ2v) is 9.57. The highest BCUT2D eigenvalue weighted by Gasteiger charge is 2.19. The van der Waals surface area contributed by atoms with Crippen LogP contribution in [-0.4, -0.2) is 70.8 Å². The highest BCUT2D eigenvalue weighted by atomic mass is 32.1. The van der Waals surface area contributed by atoms with E-state index >= 15 is 0 Å².